The van der Waals surface area contributed by atoms with E-state index < -0.39 is 18.1 Å². The maximum absolute atomic E-state index is 12.1. The average molecular weight is 311 g/mol. The SMILES string of the molecule is COC(=O)C1N=C(c2ccccc2)OC1c1cccc(OC)c1. The second-order valence-corrected chi connectivity index (χ2v) is 5.08. The summed E-state index contributed by atoms with van der Waals surface area (Å²) < 4.78 is 16.1. The highest BCUT2D eigenvalue weighted by Gasteiger charge is 2.39. The average Bonchev–Trinajstić information content (AvgIpc) is 3.07. The second kappa shape index (κ2) is 6.52. The molecule has 0 saturated heterocycles. The van der Waals surface area contributed by atoms with E-state index in [9.17, 15) is 4.79 Å². The predicted octanol–water partition coefficient (Wildman–Crippen LogP) is 2.75. The highest BCUT2D eigenvalue weighted by molar-refractivity contribution is 5.98. The summed E-state index contributed by atoms with van der Waals surface area (Å²) in [6.07, 6.45) is -0.534. The van der Waals surface area contributed by atoms with Gasteiger partial charge in [-0.2, -0.15) is 0 Å². The Bertz CT molecular complexity index is 727. The summed E-state index contributed by atoms with van der Waals surface area (Å²) in [4.78, 5) is 16.5. The van der Waals surface area contributed by atoms with Crippen molar-refractivity contribution in [1.29, 1.82) is 0 Å². The molecule has 0 amide bonds. The summed E-state index contributed by atoms with van der Waals surface area (Å²) in [5.74, 6) is 0.709. The molecule has 0 aliphatic carbocycles. The van der Waals surface area contributed by atoms with Gasteiger partial charge in [0.25, 0.3) is 0 Å². The first kappa shape index (κ1) is 15.1. The molecule has 0 radical (unpaired) electrons. The van der Waals surface area contributed by atoms with Crippen LogP contribution >= 0.6 is 0 Å². The van der Waals surface area contributed by atoms with Crippen molar-refractivity contribution in [2.75, 3.05) is 14.2 Å². The van der Waals surface area contributed by atoms with Crippen LogP contribution in [0.15, 0.2) is 59.6 Å². The van der Waals surface area contributed by atoms with Gasteiger partial charge in [-0.3, -0.25) is 0 Å². The van der Waals surface area contributed by atoms with E-state index in [1.54, 1.807) is 7.11 Å². The summed E-state index contributed by atoms with van der Waals surface area (Å²) in [5.41, 5.74) is 1.64. The van der Waals surface area contributed by atoms with Crippen LogP contribution in [0.3, 0.4) is 0 Å². The van der Waals surface area contributed by atoms with Crippen LogP contribution in [0.4, 0.5) is 0 Å². The maximum atomic E-state index is 12.1. The molecule has 1 aliphatic rings. The Morgan fingerprint density at radius 2 is 1.87 bits per heavy atom. The Balaban J connectivity index is 1.95. The van der Waals surface area contributed by atoms with E-state index in [1.165, 1.54) is 7.11 Å². The van der Waals surface area contributed by atoms with Crippen molar-refractivity contribution in [1.82, 2.24) is 0 Å². The molecule has 2 aromatic rings. The standard InChI is InChI=1S/C18H17NO4/c1-21-14-10-6-9-13(11-14)16-15(18(20)22-2)19-17(23-16)12-7-4-3-5-8-12/h3-11,15-16H,1-2H3. The van der Waals surface area contributed by atoms with E-state index in [0.717, 1.165) is 11.1 Å². The van der Waals surface area contributed by atoms with Gasteiger partial charge in [0.15, 0.2) is 12.1 Å². The van der Waals surface area contributed by atoms with E-state index in [1.807, 2.05) is 54.6 Å². The molecular formula is C18H17NO4. The van der Waals surface area contributed by atoms with Gasteiger partial charge >= 0.3 is 5.97 Å². The first-order chi connectivity index (χ1) is 11.2. The molecule has 1 aliphatic heterocycles. The zero-order valence-electron chi connectivity index (χ0n) is 12.9. The van der Waals surface area contributed by atoms with Gasteiger partial charge in [0, 0.05) is 5.56 Å². The number of esters is 1. The maximum Gasteiger partial charge on any atom is 0.335 e. The van der Waals surface area contributed by atoms with Crippen molar-refractivity contribution < 1.29 is 19.0 Å². The Labute approximate surface area is 134 Å². The van der Waals surface area contributed by atoms with E-state index in [0.29, 0.717) is 11.6 Å². The second-order valence-electron chi connectivity index (χ2n) is 5.08. The Morgan fingerprint density at radius 3 is 2.57 bits per heavy atom. The molecule has 0 aromatic heterocycles. The quantitative estimate of drug-likeness (QED) is 0.815. The summed E-state index contributed by atoms with van der Waals surface area (Å²) in [6, 6.07) is 16.2. The lowest BCUT2D eigenvalue weighted by molar-refractivity contribution is -0.143. The van der Waals surface area contributed by atoms with Gasteiger partial charge in [-0.1, -0.05) is 30.3 Å². The van der Waals surface area contributed by atoms with Crippen molar-refractivity contribution in [2.24, 2.45) is 4.99 Å². The summed E-state index contributed by atoms with van der Waals surface area (Å²) >= 11 is 0. The molecule has 3 rings (SSSR count). The van der Waals surface area contributed by atoms with Crippen LogP contribution in [-0.4, -0.2) is 32.1 Å². The number of aliphatic imine (C=N–C) groups is 1. The third kappa shape index (κ3) is 3.04. The minimum absolute atomic E-state index is 0.427. The Kier molecular flexibility index (Phi) is 4.28. The third-order valence-corrected chi connectivity index (χ3v) is 3.67. The number of ether oxygens (including phenoxy) is 3. The van der Waals surface area contributed by atoms with E-state index in [-0.39, 0.29) is 0 Å². The van der Waals surface area contributed by atoms with Crippen molar-refractivity contribution in [3.63, 3.8) is 0 Å². The largest absolute Gasteiger partial charge is 0.497 e. The van der Waals surface area contributed by atoms with Crippen LogP contribution in [0, 0.1) is 0 Å². The number of carbonyl (C=O) groups is 1. The first-order valence-corrected chi connectivity index (χ1v) is 7.24. The minimum Gasteiger partial charge on any atom is -0.497 e. The van der Waals surface area contributed by atoms with Gasteiger partial charge in [0.05, 0.1) is 14.2 Å². The van der Waals surface area contributed by atoms with E-state index in [2.05, 4.69) is 4.99 Å². The van der Waals surface area contributed by atoms with Gasteiger partial charge in [-0.05, 0) is 29.8 Å². The molecule has 2 atom stereocenters. The molecule has 23 heavy (non-hydrogen) atoms. The topological polar surface area (TPSA) is 57.1 Å². The van der Waals surface area contributed by atoms with Crippen molar-refractivity contribution in [3.05, 3.63) is 65.7 Å². The van der Waals surface area contributed by atoms with Gasteiger partial charge in [-0.15, -0.1) is 0 Å². The molecule has 2 unspecified atom stereocenters. The lowest BCUT2D eigenvalue weighted by Gasteiger charge is -2.17. The van der Waals surface area contributed by atoms with Crippen molar-refractivity contribution in [2.45, 2.75) is 12.1 Å². The summed E-state index contributed by atoms with van der Waals surface area (Å²) in [6.45, 7) is 0. The lowest BCUT2D eigenvalue weighted by atomic mass is 10.0. The van der Waals surface area contributed by atoms with Crippen LogP contribution in [-0.2, 0) is 14.3 Å². The van der Waals surface area contributed by atoms with Gasteiger partial charge < -0.3 is 14.2 Å². The van der Waals surface area contributed by atoms with E-state index >= 15 is 0 Å². The van der Waals surface area contributed by atoms with Crippen LogP contribution in [0.5, 0.6) is 5.75 Å². The van der Waals surface area contributed by atoms with Gasteiger partial charge in [-0.25, -0.2) is 9.79 Å². The molecule has 0 spiro atoms. The van der Waals surface area contributed by atoms with E-state index in [4.69, 9.17) is 14.2 Å². The number of methoxy groups -OCH3 is 2. The lowest BCUT2D eigenvalue weighted by Crippen LogP contribution is -2.25. The fraction of sp³-hybridized carbons (Fsp3) is 0.222. The van der Waals surface area contributed by atoms with Crippen molar-refractivity contribution in [3.8, 4) is 5.75 Å². The van der Waals surface area contributed by atoms with Crippen LogP contribution in [0.2, 0.25) is 0 Å². The molecule has 0 N–H and O–H groups in total. The molecule has 5 nitrogen and oxygen atoms in total. The fourth-order valence-electron chi connectivity index (χ4n) is 2.50. The number of carbonyl (C=O) groups excluding carboxylic acids is 1. The summed E-state index contributed by atoms with van der Waals surface area (Å²) in [5, 5.41) is 0. The fourth-order valence-corrected chi connectivity index (χ4v) is 2.50. The van der Waals surface area contributed by atoms with Gasteiger partial charge in [0.2, 0.25) is 5.90 Å². The van der Waals surface area contributed by atoms with Crippen LogP contribution in [0.25, 0.3) is 0 Å². The number of benzene rings is 2. The summed E-state index contributed by atoms with van der Waals surface area (Å²) in [7, 11) is 2.94. The van der Waals surface area contributed by atoms with Gasteiger partial charge in [0.1, 0.15) is 5.75 Å². The molecular weight excluding hydrogens is 294 g/mol. The van der Waals surface area contributed by atoms with Crippen LogP contribution < -0.4 is 4.74 Å². The molecule has 2 aromatic carbocycles. The molecule has 0 bridgehead atoms. The zero-order valence-corrected chi connectivity index (χ0v) is 12.9. The van der Waals surface area contributed by atoms with Crippen LogP contribution in [0.1, 0.15) is 17.2 Å². The number of hydrogen-bond donors (Lipinski definition) is 0. The number of rotatable bonds is 4. The highest BCUT2D eigenvalue weighted by Crippen LogP contribution is 2.33. The number of hydrogen-bond acceptors (Lipinski definition) is 5. The highest BCUT2D eigenvalue weighted by atomic mass is 16.5. The zero-order chi connectivity index (χ0) is 16.2. The molecule has 0 fully saturated rings. The molecule has 118 valence electrons. The Hall–Kier alpha value is -2.82. The first-order valence-electron chi connectivity index (χ1n) is 7.24. The Morgan fingerprint density at radius 1 is 1.09 bits per heavy atom. The molecule has 5 heteroatoms. The molecule has 0 saturated carbocycles. The smallest absolute Gasteiger partial charge is 0.335 e. The molecule has 1 heterocycles. The predicted molar refractivity (Wildman–Crippen MR) is 85.6 cm³/mol. The van der Waals surface area contributed by atoms with Crippen molar-refractivity contribution >= 4 is 11.9 Å². The normalized spacial score (nSPS) is 19.7. The monoisotopic (exact) mass is 311 g/mol. The number of nitrogens with zero attached hydrogens (tertiary/aromatic N) is 1. The third-order valence-electron chi connectivity index (χ3n) is 3.67. The minimum atomic E-state index is -0.734.